The van der Waals surface area contributed by atoms with Gasteiger partial charge in [0, 0.05) is 6.54 Å². The van der Waals surface area contributed by atoms with Crippen LogP contribution in [0.15, 0.2) is 23.9 Å². The lowest BCUT2D eigenvalue weighted by atomic mass is 10.1. The van der Waals surface area contributed by atoms with Gasteiger partial charge >= 0.3 is 12.0 Å². The third-order valence-electron chi connectivity index (χ3n) is 3.56. The zero-order valence-electron chi connectivity index (χ0n) is 15.0. The summed E-state index contributed by atoms with van der Waals surface area (Å²) in [6.45, 7) is 4.02. The molecule has 8 nitrogen and oxygen atoms in total. The molecule has 1 aromatic carbocycles. The third kappa shape index (κ3) is 4.53. The van der Waals surface area contributed by atoms with E-state index in [1.807, 2.05) is 6.92 Å². The van der Waals surface area contributed by atoms with Crippen molar-refractivity contribution in [3.63, 3.8) is 0 Å². The van der Waals surface area contributed by atoms with Crippen molar-refractivity contribution in [2.24, 2.45) is 0 Å². The van der Waals surface area contributed by atoms with Crippen molar-refractivity contribution in [1.29, 1.82) is 0 Å². The molecule has 1 aromatic rings. The first-order valence-corrected chi connectivity index (χ1v) is 8.31. The molecule has 0 unspecified atom stereocenters. The molecule has 26 heavy (non-hydrogen) atoms. The average molecular weight is 362 g/mol. The molecule has 1 fully saturated rings. The number of urea groups is 1. The van der Waals surface area contributed by atoms with E-state index in [0.717, 1.165) is 0 Å². The quantitative estimate of drug-likeness (QED) is 0.431. The van der Waals surface area contributed by atoms with Crippen LogP contribution in [0.4, 0.5) is 4.79 Å². The number of hydrogen-bond donors (Lipinski definition) is 1. The summed E-state index contributed by atoms with van der Waals surface area (Å²) in [5, 5.41) is 2.56. The molecule has 0 radical (unpaired) electrons. The lowest BCUT2D eigenvalue weighted by Crippen LogP contribution is -2.31. The fourth-order valence-electron chi connectivity index (χ4n) is 2.40. The summed E-state index contributed by atoms with van der Waals surface area (Å²) in [5.41, 5.74) is 0.845. The summed E-state index contributed by atoms with van der Waals surface area (Å²) in [4.78, 5) is 36.6. The Kier molecular flexibility index (Phi) is 6.60. The van der Waals surface area contributed by atoms with Crippen molar-refractivity contribution >= 4 is 24.0 Å². The number of esters is 1. The average Bonchev–Trinajstić information content (AvgIpc) is 2.88. The maximum absolute atomic E-state index is 12.2. The van der Waals surface area contributed by atoms with E-state index < -0.39 is 12.0 Å². The first kappa shape index (κ1) is 19.3. The van der Waals surface area contributed by atoms with Gasteiger partial charge < -0.3 is 19.5 Å². The van der Waals surface area contributed by atoms with E-state index in [9.17, 15) is 14.4 Å². The number of benzene rings is 1. The summed E-state index contributed by atoms with van der Waals surface area (Å²) in [5.74, 6) is -0.0718. The van der Waals surface area contributed by atoms with Crippen molar-refractivity contribution in [3.8, 4) is 11.5 Å². The molecule has 1 aliphatic heterocycles. The lowest BCUT2D eigenvalue weighted by Gasteiger charge is -2.11. The van der Waals surface area contributed by atoms with Crippen molar-refractivity contribution in [2.45, 2.75) is 20.3 Å². The van der Waals surface area contributed by atoms with Crippen LogP contribution < -0.4 is 14.8 Å². The highest BCUT2D eigenvalue weighted by Crippen LogP contribution is 2.29. The second-order valence-corrected chi connectivity index (χ2v) is 5.45. The van der Waals surface area contributed by atoms with Crippen molar-refractivity contribution in [3.05, 3.63) is 29.5 Å². The maximum Gasteiger partial charge on any atom is 0.344 e. The van der Waals surface area contributed by atoms with E-state index in [0.29, 0.717) is 30.0 Å². The minimum absolute atomic E-state index is 0.200. The Morgan fingerprint density at radius 3 is 2.65 bits per heavy atom. The molecular weight excluding hydrogens is 340 g/mol. The number of amides is 3. The molecule has 2 rings (SSSR count). The maximum atomic E-state index is 12.2. The first-order chi connectivity index (χ1) is 12.5. The number of nitrogens with one attached hydrogen (secondary N) is 1. The Balaban J connectivity index is 2.15. The van der Waals surface area contributed by atoms with Crippen molar-refractivity contribution < 1.29 is 28.6 Å². The Hall–Kier alpha value is -3.03. The summed E-state index contributed by atoms with van der Waals surface area (Å²) in [6, 6.07) is 4.53. The van der Waals surface area contributed by atoms with E-state index in [-0.39, 0.29) is 24.8 Å². The van der Waals surface area contributed by atoms with Crippen LogP contribution in [0.1, 0.15) is 25.8 Å². The Morgan fingerprint density at radius 2 is 2.00 bits per heavy atom. The summed E-state index contributed by atoms with van der Waals surface area (Å²) >= 11 is 0. The molecule has 140 valence electrons. The van der Waals surface area contributed by atoms with Gasteiger partial charge in [0.05, 0.1) is 13.7 Å². The van der Waals surface area contributed by atoms with Gasteiger partial charge in [0.15, 0.2) is 18.1 Å². The van der Waals surface area contributed by atoms with Crippen LogP contribution in [0, 0.1) is 0 Å². The van der Waals surface area contributed by atoms with Crippen LogP contribution in [-0.2, 0) is 14.3 Å². The van der Waals surface area contributed by atoms with Gasteiger partial charge in [-0.1, -0.05) is 13.0 Å². The fraction of sp³-hybridized carbons (Fsp3) is 0.389. The minimum atomic E-state index is -0.476. The molecule has 0 aliphatic carbocycles. The number of ether oxygens (including phenoxy) is 3. The van der Waals surface area contributed by atoms with E-state index in [4.69, 9.17) is 14.2 Å². The van der Waals surface area contributed by atoms with E-state index >= 15 is 0 Å². The highest BCUT2D eigenvalue weighted by molar-refractivity contribution is 6.13. The highest BCUT2D eigenvalue weighted by Gasteiger charge is 2.32. The number of hydrogen-bond acceptors (Lipinski definition) is 6. The van der Waals surface area contributed by atoms with Gasteiger partial charge in [0.2, 0.25) is 0 Å². The second-order valence-electron chi connectivity index (χ2n) is 5.45. The van der Waals surface area contributed by atoms with E-state index in [1.54, 1.807) is 31.2 Å². The number of methoxy groups -OCH3 is 1. The van der Waals surface area contributed by atoms with Gasteiger partial charge in [-0.05, 0) is 37.1 Å². The van der Waals surface area contributed by atoms with Gasteiger partial charge in [-0.15, -0.1) is 0 Å². The zero-order chi connectivity index (χ0) is 19.1. The largest absolute Gasteiger partial charge is 0.493 e. The summed E-state index contributed by atoms with van der Waals surface area (Å²) in [7, 11) is 1.47. The number of carbonyl (C=O) groups is 3. The predicted molar refractivity (Wildman–Crippen MR) is 93.6 cm³/mol. The van der Waals surface area contributed by atoms with Crippen LogP contribution in [0.3, 0.4) is 0 Å². The minimum Gasteiger partial charge on any atom is -0.493 e. The predicted octanol–water partition coefficient (Wildman–Crippen LogP) is 1.94. The van der Waals surface area contributed by atoms with Gasteiger partial charge in [0.25, 0.3) is 5.91 Å². The molecule has 0 atom stereocenters. The molecule has 1 aliphatic rings. The standard InChI is InChI=1S/C18H22N2O6/c1-4-8-20-17(22)13(19-18(20)23)9-12-6-7-14(15(10-12)24-3)26-11-16(21)25-5-2/h6-7,9-10H,4-5,8,11H2,1-3H3,(H,19,23)/b13-9+. The topological polar surface area (TPSA) is 94.2 Å². The summed E-state index contributed by atoms with van der Waals surface area (Å²) < 4.78 is 15.5. The number of rotatable bonds is 8. The number of imide groups is 1. The molecule has 0 aromatic heterocycles. The van der Waals surface area contributed by atoms with Gasteiger partial charge in [0.1, 0.15) is 5.70 Å². The fourth-order valence-corrected chi connectivity index (χ4v) is 2.40. The molecule has 1 heterocycles. The third-order valence-corrected chi connectivity index (χ3v) is 3.56. The molecule has 3 amide bonds. The monoisotopic (exact) mass is 362 g/mol. The molecule has 1 saturated heterocycles. The number of nitrogens with zero attached hydrogens (tertiary/aromatic N) is 1. The Morgan fingerprint density at radius 1 is 1.23 bits per heavy atom. The van der Waals surface area contributed by atoms with E-state index in [2.05, 4.69) is 5.32 Å². The lowest BCUT2D eigenvalue weighted by molar-refractivity contribution is -0.145. The van der Waals surface area contributed by atoms with Crippen LogP contribution in [0.25, 0.3) is 6.08 Å². The van der Waals surface area contributed by atoms with Gasteiger partial charge in [-0.25, -0.2) is 9.59 Å². The van der Waals surface area contributed by atoms with Gasteiger partial charge in [-0.2, -0.15) is 0 Å². The summed E-state index contributed by atoms with van der Waals surface area (Å²) in [6.07, 6.45) is 2.25. The normalized spacial score (nSPS) is 15.2. The Labute approximate surface area is 151 Å². The molecule has 0 spiro atoms. The number of carbonyl (C=O) groups excluding carboxylic acids is 3. The first-order valence-electron chi connectivity index (χ1n) is 8.31. The smallest absolute Gasteiger partial charge is 0.344 e. The van der Waals surface area contributed by atoms with Gasteiger partial charge in [-0.3, -0.25) is 9.69 Å². The SMILES string of the molecule is CCCN1C(=O)N/C(=C/c2ccc(OCC(=O)OCC)c(OC)c2)C1=O. The Bertz CT molecular complexity index is 728. The highest BCUT2D eigenvalue weighted by atomic mass is 16.6. The molecule has 0 saturated carbocycles. The molecule has 1 N–H and O–H groups in total. The van der Waals surface area contributed by atoms with Crippen LogP contribution >= 0.6 is 0 Å². The molecular formula is C18H22N2O6. The van der Waals surface area contributed by atoms with Crippen molar-refractivity contribution in [2.75, 3.05) is 26.9 Å². The van der Waals surface area contributed by atoms with Crippen LogP contribution in [0.2, 0.25) is 0 Å². The van der Waals surface area contributed by atoms with E-state index in [1.165, 1.54) is 12.0 Å². The van der Waals surface area contributed by atoms with Crippen molar-refractivity contribution in [1.82, 2.24) is 10.2 Å². The molecule has 8 heteroatoms. The van der Waals surface area contributed by atoms with Crippen LogP contribution in [0.5, 0.6) is 11.5 Å². The second kappa shape index (κ2) is 8.89. The molecule has 0 bridgehead atoms. The zero-order valence-corrected chi connectivity index (χ0v) is 15.0. The van der Waals surface area contributed by atoms with Crippen LogP contribution in [-0.4, -0.2) is 49.7 Å².